The average molecular weight is 221 g/mol. The second-order valence-electron chi connectivity index (χ2n) is 5.43. The van der Waals surface area contributed by atoms with Crippen LogP contribution in [0.5, 0.6) is 0 Å². The van der Waals surface area contributed by atoms with E-state index in [1.54, 1.807) is 0 Å². The van der Waals surface area contributed by atoms with E-state index in [-0.39, 0.29) is 6.10 Å². The summed E-state index contributed by atoms with van der Waals surface area (Å²) in [5.74, 6) is -0.400. The fourth-order valence-corrected chi connectivity index (χ4v) is 3.46. The van der Waals surface area contributed by atoms with E-state index in [0.29, 0.717) is 0 Å². The van der Waals surface area contributed by atoms with Gasteiger partial charge in [-0.15, -0.1) is 0 Å². The van der Waals surface area contributed by atoms with Crippen molar-refractivity contribution in [1.29, 1.82) is 5.26 Å². The van der Waals surface area contributed by atoms with E-state index >= 15 is 0 Å². The molecule has 0 unspecified atom stereocenters. The Kier molecular flexibility index (Phi) is 2.45. The molecule has 0 aromatic heterocycles. The number of hydrogen-bond donors (Lipinski definition) is 0. The van der Waals surface area contributed by atoms with Crippen LogP contribution in [0.15, 0.2) is 0 Å². The zero-order valence-electron chi connectivity index (χ0n) is 9.71. The summed E-state index contributed by atoms with van der Waals surface area (Å²) in [6.07, 6.45) is 9.74. The van der Waals surface area contributed by atoms with Crippen LogP contribution in [-0.2, 0) is 9.47 Å². The van der Waals surface area contributed by atoms with Crippen LogP contribution in [0, 0.1) is 11.3 Å². The topological polar surface area (TPSA) is 42.2 Å². The number of fused-ring (bicyclic) bond motifs is 1. The first-order valence-corrected chi connectivity index (χ1v) is 6.58. The van der Waals surface area contributed by atoms with Gasteiger partial charge < -0.3 is 9.47 Å². The lowest BCUT2D eigenvalue weighted by Gasteiger charge is -2.33. The molecule has 1 heterocycles. The van der Waals surface area contributed by atoms with Crippen molar-refractivity contribution in [1.82, 2.24) is 0 Å². The quantitative estimate of drug-likeness (QED) is 0.631. The molecule has 0 radical (unpaired) electrons. The molecule has 1 saturated heterocycles. The fourth-order valence-electron chi connectivity index (χ4n) is 3.46. The van der Waals surface area contributed by atoms with Crippen molar-refractivity contribution in [2.24, 2.45) is 0 Å². The molecule has 2 atom stereocenters. The highest BCUT2D eigenvalue weighted by atomic mass is 16.8. The van der Waals surface area contributed by atoms with E-state index in [0.717, 1.165) is 32.1 Å². The third-order valence-electron chi connectivity index (χ3n) is 4.31. The molecule has 0 aromatic carbocycles. The molecular weight excluding hydrogens is 202 g/mol. The zero-order chi connectivity index (χ0) is 11.1. The van der Waals surface area contributed by atoms with Crippen molar-refractivity contribution in [3.05, 3.63) is 0 Å². The molecule has 2 saturated carbocycles. The summed E-state index contributed by atoms with van der Waals surface area (Å²) < 4.78 is 12.3. The summed E-state index contributed by atoms with van der Waals surface area (Å²) in [4.78, 5) is 0. The summed E-state index contributed by atoms with van der Waals surface area (Å²) in [5.41, 5.74) is -0.615. The number of hydrogen-bond acceptors (Lipinski definition) is 3. The fraction of sp³-hybridized carbons (Fsp3) is 0.923. The third kappa shape index (κ3) is 1.48. The SMILES string of the molecule is N#C[C@]12CCCC[C@H]1OC1(CCCCC1)O2. The van der Waals surface area contributed by atoms with E-state index in [4.69, 9.17) is 9.47 Å². The van der Waals surface area contributed by atoms with Crippen LogP contribution in [0.4, 0.5) is 0 Å². The van der Waals surface area contributed by atoms with E-state index in [9.17, 15) is 5.26 Å². The van der Waals surface area contributed by atoms with Crippen LogP contribution in [0.1, 0.15) is 57.8 Å². The Hall–Kier alpha value is -0.590. The Balaban J connectivity index is 1.85. The Labute approximate surface area is 96.7 Å². The lowest BCUT2D eigenvalue weighted by molar-refractivity contribution is -0.200. The molecule has 3 fully saturated rings. The van der Waals surface area contributed by atoms with Gasteiger partial charge in [-0.2, -0.15) is 5.26 Å². The summed E-state index contributed by atoms with van der Waals surface area (Å²) in [5, 5.41) is 9.41. The first kappa shape index (κ1) is 10.6. The molecule has 3 aliphatic rings. The molecule has 0 N–H and O–H groups in total. The lowest BCUT2D eigenvalue weighted by Crippen LogP contribution is -2.41. The van der Waals surface area contributed by atoms with Crippen LogP contribution in [0.3, 0.4) is 0 Å². The molecule has 0 amide bonds. The van der Waals surface area contributed by atoms with Crippen molar-refractivity contribution in [3.8, 4) is 6.07 Å². The molecule has 16 heavy (non-hydrogen) atoms. The highest BCUT2D eigenvalue weighted by molar-refractivity contribution is 5.13. The van der Waals surface area contributed by atoms with Gasteiger partial charge in [0.1, 0.15) is 12.2 Å². The van der Waals surface area contributed by atoms with Gasteiger partial charge in [0.15, 0.2) is 11.4 Å². The van der Waals surface area contributed by atoms with Gasteiger partial charge in [0.25, 0.3) is 0 Å². The van der Waals surface area contributed by atoms with E-state index < -0.39 is 11.4 Å². The van der Waals surface area contributed by atoms with Crippen LogP contribution in [-0.4, -0.2) is 17.5 Å². The van der Waals surface area contributed by atoms with Gasteiger partial charge in [0.05, 0.1) is 0 Å². The number of nitriles is 1. The Morgan fingerprint density at radius 3 is 2.44 bits per heavy atom. The predicted octanol–water partition coefficient (Wildman–Crippen LogP) is 2.90. The van der Waals surface area contributed by atoms with Gasteiger partial charge >= 0.3 is 0 Å². The maximum atomic E-state index is 9.41. The Morgan fingerprint density at radius 1 is 1.00 bits per heavy atom. The molecule has 88 valence electrons. The summed E-state index contributed by atoms with van der Waals surface area (Å²) in [7, 11) is 0. The molecular formula is C13H19NO2. The average Bonchev–Trinajstić information content (AvgIpc) is 2.64. The van der Waals surface area contributed by atoms with Crippen LogP contribution < -0.4 is 0 Å². The molecule has 3 nitrogen and oxygen atoms in total. The largest absolute Gasteiger partial charge is 0.342 e. The number of nitrogens with zero attached hydrogens (tertiary/aromatic N) is 1. The van der Waals surface area contributed by atoms with Gasteiger partial charge in [0.2, 0.25) is 0 Å². The van der Waals surface area contributed by atoms with Crippen molar-refractivity contribution < 1.29 is 9.47 Å². The molecule has 3 heteroatoms. The minimum atomic E-state index is -0.615. The Bertz CT molecular complexity index is 316. The van der Waals surface area contributed by atoms with Crippen molar-refractivity contribution in [3.63, 3.8) is 0 Å². The molecule has 0 aromatic rings. The molecule has 1 aliphatic heterocycles. The standard InChI is InChI=1S/C13H19NO2/c14-10-12-7-5-2-6-11(12)15-13(16-12)8-3-1-4-9-13/h11H,1-9H2/t11-,12-/m1/s1. The van der Waals surface area contributed by atoms with E-state index in [2.05, 4.69) is 6.07 Å². The first-order valence-electron chi connectivity index (χ1n) is 6.58. The highest BCUT2D eigenvalue weighted by Gasteiger charge is 2.58. The van der Waals surface area contributed by atoms with Gasteiger partial charge in [-0.25, -0.2) is 0 Å². The third-order valence-corrected chi connectivity index (χ3v) is 4.31. The summed E-state index contributed by atoms with van der Waals surface area (Å²) in [6.45, 7) is 0. The lowest BCUT2D eigenvalue weighted by atomic mass is 9.83. The van der Waals surface area contributed by atoms with Crippen LogP contribution in [0.25, 0.3) is 0 Å². The van der Waals surface area contributed by atoms with Gasteiger partial charge in [-0.05, 0) is 32.1 Å². The number of ether oxygens (including phenoxy) is 2. The maximum Gasteiger partial charge on any atom is 0.183 e. The molecule has 2 aliphatic carbocycles. The molecule has 0 bridgehead atoms. The smallest absolute Gasteiger partial charge is 0.183 e. The second kappa shape index (κ2) is 3.72. The van der Waals surface area contributed by atoms with Crippen molar-refractivity contribution >= 4 is 0 Å². The monoisotopic (exact) mass is 221 g/mol. The Morgan fingerprint density at radius 2 is 1.75 bits per heavy atom. The maximum absolute atomic E-state index is 9.41. The van der Waals surface area contributed by atoms with Crippen LogP contribution in [0.2, 0.25) is 0 Å². The van der Waals surface area contributed by atoms with Crippen molar-refractivity contribution in [2.75, 3.05) is 0 Å². The van der Waals surface area contributed by atoms with Gasteiger partial charge in [-0.3, -0.25) is 0 Å². The highest BCUT2D eigenvalue weighted by Crippen LogP contribution is 2.49. The molecule has 1 spiro atoms. The summed E-state index contributed by atoms with van der Waals surface area (Å²) >= 11 is 0. The predicted molar refractivity (Wildman–Crippen MR) is 58.6 cm³/mol. The van der Waals surface area contributed by atoms with Crippen molar-refractivity contribution in [2.45, 2.75) is 75.3 Å². The molecule has 3 rings (SSSR count). The normalized spacial score (nSPS) is 41.6. The second-order valence-corrected chi connectivity index (χ2v) is 5.43. The minimum Gasteiger partial charge on any atom is -0.342 e. The van der Waals surface area contributed by atoms with Crippen LogP contribution >= 0.6 is 0 Å². The van der Waals surface area contributed by atoms with Gasteiger partial charge in [0, 0.05) is 12.8 Å². The van der Waals surface area contributed by atoms with Gasteiger partial charge in [-0.1, -0.05) is 12.8 Å². The van der Waals surface area contributed by atoms with E-state index in [1.165, 1.54) is 25.7 Å². The minimum absolute atomic E-state index is 0.0318. The first-order chi connectivity index (χ1) is 7.79. The number of rotatable bonds is 0. The zero-order valence-corrected chi connectivity index (χ0v) is 9.71. The summed E-state index contributed by atoms with van der Waals surface area (Å²) in [6, 6.07) is 2.40. The van der Waals surface area contributed by atoms with E-state index in [1.807, 2.05) is 0 Å².